The number of carbonyl (C=O) groups excluding carboxylic acids is 1. The van der Waals surface area contributed by atoms with Gasteiger partial charge in [-0.25, -0.2) is 4.98 Å². The highest BCUT2D eigenvalue weighted by molar-refractivity contribution is 5.82. The zero-order valence-corrected chi connectivity index (χ0v) is 8.14. The number of aldehydes is 1. The molecule has 0 aliphatic carbocycles. The Morgan fingerprint density at radius 3 is 3.07 bits per heavy atom. The van der Waals surface area contributed by atoms with Crippen LogP contribution < -0.4 is 4.74 Å². The zero-order valence-electron chi connectivity index (χ0n) is 8.14. The fourth-order valence-electron chi connectivity index (χ4n) is 1.33. The van der Waals surface area contributed by atoms with E-state index in [9.17, 15) is 4.79 Å². The van der Waals surface area contributed by atoms with Crippen molar-refractivity contribution in [3.63, 3.8) is 0 Å². The molecule has 15 heavy (non-hydrogen) atoms. The molecule has 0 bridgehead atoms. The number of methoxy groups -OCH3 is 1. The van der Waals surface area contributed by atoms with Gasteiger partial charge in [0.2, 0.25) is 0 Å². The van der Waals surface area contributed by atoms with Gasteiger partial charge in [-0.15, -0.1) is 0 Å². The minimum atomic E-state index is 0.225. The first-order valence-electron chi connectivity index (χ1n) is 4.38. The molecule has 2 rings (SSSR count). The second kappa shape index (κ2) is 3.96. The second-order valence-electron chi connectivity index (χ2n) is 2.92. The molecule has 0 atom stereocenters. The van der Waals surface area contributed by atoms with Crippen LogP contribution in [0.4, 0.5) is 0 Å². The minimum Gasteiger partial charge on any atom is -0.497 e. The molecule has 4 heteroatoms. The molecule has 1 aromatic carbocycles. The molecular weight excluding hydrogens is 194 g/mol. The summed E-state index contributed by atoms with van der Waals surface area (Å²) >= 11 is 0. The number of benzene rings is 1. The van der Waals surface area contributed by atoms with Crippen molar-refractivity contribution in [3.8, 4) is 17.0 Å². The number of nitrogens with zero attached hydrogens (tertiary/aromatic N) is 1. The average Bonchev–Trinajstić information content (AvgIpc) is 2.77. The van der Waals surface area contributed by atoms with Crippen LogP contribution in [0.5, 0.6) is 5.75 Å². The molecule has 0 aliphatic heterocycles. The molecule has 0 spiro atoms. The minimum absolute atomic E-state index is 0.225. The summed E-state index contributed by atoms with van der Waals surface area (Å²) in [6.07, 6.45) is 1.89. The molecule has 0 saturated heterocycles. The van der Waals surface area contributed by atoms with Crippen molar-refractivity contribution in [3.05, 3.63) is 36.4 Å². The summed E-state index contributed by atoms with van der Waals surface area (Å²) in [6.45, 7) is 0. The van der Waals surface area contributed by atoms with E-state index in [0.717, 1.165) is 5.56 Å². The Morgan fingerprint density at radius 1 is 1.47 bits per heavy atom. The molecule has 4 nitrogen and oxygen atoms in total. The highest BCUT2D eigenvalue weighted by Crippen LogP contribution is 2.24. The molecule has 0 amide bonds. The van der Waals surface area contributed by atoms with E-state index < -0.39 is 0 Å². The molecule has 0 aliphatic rings. The second-order valence-corrected chi connectivity index (χ2v) is 2.92. The fraction of sp³-hybridized carbons (Fsp3) is 0.0909. The first-order chi connectivity index (χ1) is 7.35. The van der Waals surface area contributed by atoms with Crippen molar-refractivity contribution >= 4 is 6.29 Å². The fourth-order valence-corrected chi connectivity index (χ4v) is 1.33. The SMILES string of the molecule is COc1cccc(-c2ncoc2C=O)c1. The van der Waals surface area contributed by atoms with Crippen molar-refractivity contribution in [2.45, 2.75) is 0 Å². The van der Waals surface area contributed by atoms with Crippen molar-refractivity contribution in [1.82, 2.24) is 4.98 Å². The van der Waals surface area contributed by atoms with Gasteiger partial charge >= 0.3 is 0 Å². The average molecular weight is 203 g/mol. The normalized spacial score (nSPS) is 9.93. The molecule has 1 aromatic heterocycles. The Bertz CT molecular complexity index is 476. The van der Waals surface area contributed by atoms with E-state index in [4.69, 9.17) is 9.15 Å². The number of ether oxygens (including phenoxy) is 1. The van der Waals surface area contributed by atoms with E-state index in [2.05, 4.69) is 4.98 Å². The van der Waals surface area contributed by atoms with Gasteiger partial charge in [0.15, 0.2) is 18.4 Å². The van der Waals surface area contributed by atoms with Crippen molar-refractivity contribution in [1.29, 1.82) is 0 Å². The maximum Gasteiger partial charge on any atom is 0.194 e. The molecule has 0 unspecified atom stereocenters. The Hall–Kier alpha value is -2.10. The maximum absolute atomic E-state index is 10.7. The summed E-state index contributed by atoms with van der Waals surface area (Å²) in [4.78, 5) is 14.6. The number of aromatic nitrogens is 1. The van der Waals surface area contributed by atoms with Crippen LogP contribution in [-0.2, 0) is 0 Å². The van der Waals surface area contributed by atoms with E-state index in [1.165, 1.54) is 6.39 Å². The lowest BCUT2D eigenvalue weighted by Crippen LogP contribution is -1.86. The summed E-state index contributed by atoms with van der Waals surface area (Å²) in [7, 11) is 1.59. The standard InChI is InChI=1S/C11H9NO3/c1-14-9-4-2-3-8(5-9)11-10(6-13)15-7-12-11/h2-7H,1H3. The number of hydrogen-bond donors (Lipinski definition) is 0. The van der Waals surface area contributed by atoms with Crippen molar-refractivity contribution < 1.29 is 13.9 Å². The van der Waals surface area contributed by atoms with Crippen LogP contribution in [0.25, 0.3) is 11.3 Å². The number of carbonyl (C=O) groups is 1. The van der Waals surface area contributed by atoms with Crippen LogP contribution >= 0.6 is 0 Å². The van der Waals surface area contributed by atoms with Crippen LogP contribution in [0.15, 0.2) is 35.1 Å². The third-order valence-corrected chi connectivity index (χ3v) is 2.05. The third kappa shape index (κ3) is 1.74. The van der Waals surface area contributed by atoms with E-state index in [1.54, 1.807) is 13.2 Å². The molecule has 0 radical (unpaired) electrons. The van der Waals surface area contributed by atoms with Gasteiger partial charge in [-0.3, -0.25) is 4.79 Å². The van der Waals surface area contributed by atoms with E-state index in [-0.39, 0.29) is 5.76 Å². The molecule has 1 heterocycles. The smallest absolute Gasteiger partial charge is 0.194 e. The highest BCUT2D eigenvalue weighted by Gasteiger charge is 2.09. The third-order valence-electron chi connectivity index (χ3n) is 2.05. The lowest BCUT2D eigenvalue weighted by atomic mass is 10.1. The topological polar surface area (TPSA) is 52.3 Å². The summed E-state index contributed by atoms with van der Waals surface area (Å²) < 4.78 is 10.0. The number of hydrogen-bond acceptors (Lipinski definition) is 4. The Kier molecular flexibility index (Phi) is 2.49. The summed E-state index contributed by atoms with van der Waals surface area (Å²) in [5.41, 5.74) is 1.33. The van der Waals surface area contributed by atoms with Gasteiger partial charge in [0.1, 0.15) is 11.4 Å². The van der Waals surface area contributed by atoms with Gasteiger partial charge in [0.25, 0.3) is 0 Å². The molecular formula is C11H9NO3. The van der Waals surface area contributed by atoms with Crippen LogP contribution in [0.2, 0.25) is 0 Å². The predicted molar refractivity (Wildman–Crippen MR) is 53.9 cm³/mol. The Balaban J connectivity index is 2.48. The van der Waals surface area contributed by atoms with Crippen LogP contribution in [0, 0.1) is 0 Å². The first kappa shape index (κ1) is 9.45. The lowest BCUT2D eigenvalue weighted by molar-refractivity contribution is 0.110. The largest absolute Gasteiger partial charge is 0.497 e. The maximum atomic E-state index is 10.7. The van der Waals surface area contributed by atoms with Crippen LogP contribution in [0.3, 0.4) is 0 Å². The predicted octanol–water partition coefficient (Wildman–Crippen LogP) is 2.16. The molecule has 76 valence electrons. The lowest BCUT2D eigenvalue weighted by Gasteiger charge is -2.01. The van der Waals surface area contributed by atoms with Crippen LogP contribution in [-0.4, -0.2) is 18.4 Å². The molecule has 2 aromatic rings. The van der Waals surface area contributed by atoms with Gasteiger partial charge in [-0.2, -0.15) is 0 Å². The van der Waals surface area contributed by atoms with Gasteiger partial charge < -0.3 is 9.15 Å². The van der Waals surface area contributed by atoms with E-state index >= 15 is 0 Å². The van der Waals surface area contributed by atoms with Crippen LogP contribution in [0.1, 0.15) is 10.6 Å². The Labute approximate surface area is 86.5 Å². The zero-order chi connectivity index (χ0) is 10.7. The van der Waals surface area contributed by atoms with E-state index in [0.29, 0.717) is 17.7 Å². The molecule has 0 N–H and O–H groups in total. The van der Waals surface area contributed by atoms with Gasteiger partial charge in [0.05, 0.1) is 7.11 Å². The monoisotopic (exact) mass is 203 g/mol. The van der Waals surface area contributed by atoms with Gasteiger partial charge in [-0.1, -0.05) is 12.1 Å². The summed E-state index contributed by atoms with van der Waals surface area (Å²) in [6, 6.07) is 7.29. The number of oxazole rings is 1. The van der Waals surface area contributed by atoms with Gasteiger partial charge in [-0.05, 0) is 12.1 Å². The Morgan fingerprint density at radius 2 is 2.33 bits per heavy atom. The van der Waals surface area contributed by atoms with Crippen molar-refractivity contribution in [2.24, 2.45) is 0 Å². The van der Waals surface area contributed by atoms with Gasteiger partial charge in [0, 0.05) is 5.56 Å². The highest BCUT2D eigenvalue weighted by atomic mass is 16.5. The van der Waals surface area contributed by atoms with E-state index in [1.807, 2.05) is 18.2 Å². The summed E-state index contributed by atoms with van der Waals surface area (Å²) in [5.74, 6) is 0.940. The van der Waals surface area contributed by atoms with Crippen molar-refractivity contribution in [2.75, 3.05) is 7.11 Å². The summed E-state index contributed by atoms with van der Waals surface area (Å²) in [5, 5.41) is 0. The first-order valence-corrected chi connectivity index (χ1v) is 4.38. The molecule has 0 fully saturated rings. The number of rotatable bonds is 3. The molecule has 0 saturated carbocycles. The quantitative estimate of drug-likeness (QED) is 0.717.